The first-order chi connectivity index (χ1) is 11.6. The molecule has 3 rings (SSSR count). The third kappa shape index (κ3) is 3.44. The lowest BCUT2D eigenvalue weighted by molar-refractivity contribution is -0.140. The molecule has 2 N–H and O–H groups in total. The van der Waals surface area contributed by atoms with Gasteiger partial charge in [-0.25, -0.2) is 0 Å². The van der Waals surface area contributed by atoms with E-state index < -0.39 is 0 Å². The number of nitrogens with zero attached hydrogens (tertiary/aromatic N) is 1. The first-order valence-corrected chi connectivity index (χ1v) is 9.30. The van der Waals surface area contributed by atoms with Crippen molar-refractivity contribution in [2.24, 2.45) is 17.6 Å². The van der Waals surface area contributed by atoms with Crippen LogP contribution in [0.15, 0.2) is 18.2 Å². The molecule has 1 aliphatic heterocycles. The van der Waals surface area contributed by atoms with Crippen LogP contribution in [0.3, 0.4) is 0 Å². The molecule has 1 amide bonds. The molecular formula is C20H30N2O2. The molecule has 0 saturated heterocycles. The number of hydrogen-bond acceptors (Lipinski definition) is 3. The summed E-state index contributed by atoms with van der Waals surface area (Å²) in [6.07, 6.45) is 7.39. The quantitative estimate of drug-likeness (QED) is 0.923. The zero-order chi connectivity index (χ0) is 17.1. The van der Waals surface area contributed by atoms with Crippen molar-refractivity contribution in [2.75, 3.05) is 13.7 Å². The highest BCUT2D eigenvalue weighted by atomic mass is 16.5. The van der Waals surface area contributed by atoms with Gasteiger partial charge in [0.1, 0.15) is 5.75 Å². The number of carbonyl (C=O) groups is 1. The van der Waals surface area contributed by atoms with Crippen molar-refractivity contribution in [3.8, 4) is 5.75 Å². The highest BCUT2D eigenvalue weighted by molar-refractivity contribution is 5.79. The number of carbonyl (C=O) groups excluding carboxylic acids is 1. The summed E-state index contributed by atoms with van der Waals surface area (Å²) in [5, 5.41) is 0. The minimum atomic E-state index is -0.108. The van der Waals surface area contributed by atoms with Crippen LogP contribution in [0, 0.1) is 11.8 Å². The van der Waals surface area contributed by atoms with E-state index in [-0.39, 0.29) is 11.8 Å². The van der Waals surface area contributed by atoms with Crippen LogP contribution in [0.5, 0.6) is 5.75 Å². The van der Waals surface area contributed by atoms with E-state index in [1.54, 1.807) is 7.11 Å². The van der Waals surface area contributed by atoms with Gasteiger partial charge in [-0.1, -0.05) is 32.3 Å². The summed E-state index contributed by atoms with van der Waals surface area (Å²) in [6, 6.07) is 6.63. The minimum Gasteiger partial charge on any atom is -0.497 e. The van der Waals surface area contributed by atoms with Crippen LogP contribution < -0.4 is 10.5 Å². The standard InChI is InChI=1S/C20H30N2O2/c1-14(12-21)20(23)22-13-17-10-18(24-2)9-8-16(17)11-19(22)15-6-4-3-5-7-15/h8-10,14-15,19H,3-7,11-13,21H2,1-2H3. The summed E-state index contributed by atoms with van der Waals surface area (Å²) >= 11 is 0. The Morgan fingerprint density at radius 2 is 2.04 bits per heavy atom. The van der Waals surface area contributed by atoms with E-state index in [0.29, 0.717) is 25.0 Å². The number of nitrogens with two attached hydrogens (primary N) is 1. The third-order valence-corrected chi connectivity index (χ3v) is 5.84. The second-order valence-corrected chi connectivity index (χ2v) is 7.41. The SMILES string of the molecule is COc1ccc2c(c1)CN(C(=O)C(C)CN)C(C1CCCCC1)C2. The Bertz CT molecular complexity index is 581. The fraction of sp³-hybridized carbons (Fsp3) is 0.650. The molecule has 1 aromatic rings. The zero-order valence-electron chi connectivity index (χ0n) is 15.0. The van der Waals surface area contributed by atoms with Crippen LogP contribution >= 0.6 is 0 Å². The van der Waals surface area contributed by atoms with Crippen LogP contribution in [0.4, 0.5) is 0 Å². The van der Waals surface area contributed by atoms with Crippen LogP contribution in [0.1, 0.15) is 50.2 Å². The summed E-state index contributed by atoms with van der Waals surface area (Å²) < 4.78 is 5.36. The first kappa shape index (κ1) is 17.3. The van der Waals surface area contributed by atoms with Gasteiger partial charge in [-0.2, -0.15) is 0 Å². The molecule has 1 heterocycles. The zero-order valence-corrected chi connectivity index (χ0v) is 15.0. The van der Waals surface area contributed by atoms with Gasteiger partial charge in [-0.15, -0.1) is 0 Å². The van der Waals surface area contributed by atoms with E-state index in [1.807, 2.05) is 13.0 Å². The molecule has 1 aliphatic carbocycles. The average Bonchev–Trinajstić information content (AvgIpc) is 2.65. The smallest absolute Gasteiger partial charge is 0.227 e. The number of methoxy groups -OCH3 is 1. The summed E-state index contributed by atoms with van der Waals surface area (Å²) in [5.74, 6) is 1.59. The molecule has 1 saturated carbocycles. The summed E-state index contributed by atoms with van der Waals surface area (Å²) in [5.41, 5.74) is 8.37. The Labute approximate surface area is 145 Å². The Kier molecular flexibility index (Phi) is 5.44. The molecule has 2 unspecified atom stereocenters. The van der Waals surface area contributed by atoms with E-state index in [0.717, 1.165) is 12.2 Å². The van der Waals surface area contributed by atoms with Gasteiger partial charge in [0.25, 0.3) is 0 Å². The molecule has 4 heteroatoms. The van der Waals surface area contributed by atoms with E-state index in [9.17, 15) is 4.79 Å². The Morgan fingerprint density at radius 3 is 2.71 bits per heavy atom. The maximum absolute atomic E-state index is 13.0. The van der Waals surface area contributed by atoms with Gasteiger partial charge in [-0.3, -0.25) is 4.79 Å². The third-order valence-electron chi connectivity index (χ3n) is 5.84. The Balaban J connectivity index is 1.90. The lowest BCUT2D eigenvalue weighted by Crippen LogP contribution is -2.51. The molecule has 132 valence electrons. The van der Waals surface area contributed by atoms with E-state index >= 15 is 0 Å². The van der Waals surface area contributed by atoms with Crippen molar-refractivity contribution in [1.29, 1.82) is 0 Å². The van der Waals surface area contributed by atoms with Crippen LogP contribution in [-0.2, 0) is 17.8 Å². The van der Waals surface area contributed by atoms with E-state index in [4.69, 9.17) is 10.5 Å². The molecule has 0 radical (unpaired) electrons. The van der Waals surface area contributed by atoms with Gasteiger partial charge in [0.05, 0.1) is 7.11 Å². The lowest BCUT2D eigenvalue weighted by atomic mass is 9.78. The van der Waals surface area contributed by atoms with Crippen LogP contribution in [0.2, 0.25) is 0 Å². The summed E-state index contributed by atoms with van der Waals surface area (Å²) in [6.45, 7) is 3.05. The lowest BCUT2D eigenvalue weighted by Gasteiger charge is -2.43. The van der Waals surface area contributed by atoms with Gasteiger partial charge in [0.15, 0.2) is 0 Å². The van der Waals surface area contributed by atoms with E-state index in [1.165, 1.54) is 43.2 Å². The molecule has 0 aromatic heterocycles. The van der Waals surface area contributed by atoms with E-state index in [2.05, 4.69) is 17.0 Å². The van der Waals surface area contributed by atoms with Gasteiger partial charge in [0.2, 0.25) is 5.91 Å². The predicted molar refractivity (Wildman–Crippen MR) is 95.8 cm³/mol. The summed E-state index contributed by atoms with van der Waals surface area (Å²) in [4.78, 5) is 15.1. The second kappa shape index (κ2) is 7.56. The predicted octanol–water partition coefficient (Wildman–Crippen LogP) is 3.12. The molecule has 4 nitrogen and oxygen atoms in total. The fourth-order valence-electron chi connectivity index (χ4n) is 4.28. The average molecular weight is 330 g/mol. The summed E-state index contributed by atoms with van der Waals surface area (Å²) in [7, 11) is 1.69. The van der Waals surface area contributed by atoms with Crippen molar-refractivity contribution in [2.45, 2.75) is 58.0 Å². The molecule has 1 aromatic carbocycles. The largest absolute Gasteiger partial charge is 0.497 e. The van der Waals surface area contributed by atoms with Gasteiger partial charge >= 0.3 is 0 Å². The molecule has 0 bridgehead atoms. The number of amides is 1. The normalized spacial score (nSPS) is 22.8. The van der Waals surface area contributed by atoms with Gasteiger partial charge < -0.3 is 15.4 Å². The Morgan fingerprint density at radius 1 is 1.29 bits per heavy atom. The molecule has 0 spiro atoms. The fourth-order valence-corrected chi connectivity index (χ4v) is 4.28. The molecule has 2 atom stereocenters. The van der Waals surface area contributed by atoms with Crippen molar-refractivity contribution in [3.63, 3.8) is 0 Å². The number of ether oxygens (including phenoxy) is 1. The first-order valence-electron chi connectivity index (χ1n) is 9.30. The van der Waals surface area contributed by atoms with Crippen molar-refractivity contribution in [3.05, 3.63) is 29.3 Å². The van der Waals surface area contributed by atoms with Crippen LogP contribution in [-0.4, -0.2) is 30.5 Å². The van der Waals surface area contributed by atoms with Crippen molar-refractivity contribution in [1.82, 2.24) is 4.90 Å². The molecular weight excluding hydrogens is 300 g/mol. The van der Waals surface area contributed by atoms with Crippen LogP contribution in [0.25, 0.3) is 0 Å². The second-order valence-electron chi connectivity index (χ2n) is 7.41. The maximum Gasteiger partial charge on any atom is 0.227 e. The van der Waals surface area contributed by atoms with Crippen molar-refractivity contribution < 1.29 is 9.53 Å². The Hall–Kier alpha value is -1.55. The number of rotatable bonds is 4. The van der Waals surface area contributed by atoms with Gasteiger partial charge in [0, 0.05) is 25.0 Å². The molecule has 2 aliphatic rings. The number of fused-ring (bicyclic) bond motifs is 1. The highest BCUT2D eigenvalue weighted by Crippen LogP contribution is 2.36. The van der Waals surface area contributed by atoms with Gasteiger partial charge in [-0.05, 0) is 48.4 Å². The highest BCUT2D eigenvalue weighted by Gasteiger charge is 2.36. The topological polar surface area (TPSA) is 55.6 Å². The monoisotopic (exact) mass is 330 g/mol. The number of benzene rings is 1. The molecule has 24 heavy (non-hydrogen) atoms. The van der Waals surface area contributed by atoms with Crippen molar-refractivity contribution >= 4 is 5.91 Å². The molecule has 1 fully saturated rings. The maximum atomic E-state index is 13.0. The minimum absolute atomic E-state index is 0.108. The number of hydrogen-bond donors (Lipinski definition) is 1.